The molecule has 4 heteroatoms. The fourth-order valence-corrected chi connectivity index (χ4v) is 4.57. The van der Waals surface area contributed by atoms with E-state index in [0.29, 0.717) is 29.3 Å². The molecule has 0 radical (unpaired) electrons. The molecule has 0 aromatic carbocycles. The zero-order valence-corrected chi connectivity index (χ0v) is 12.5. The maximum absolute atomic E-state index is 12.5. The Morgan fingerprint density at radius 2 is 2.05 bits per heavy atom. The summed E-state index contributed by atoms with van der Waals surface area (Å²) < 4.78 is 0. The molecule has 1 amide bonds. The van der Waals surface area contributed by atoms with Crippen LogP contribution in [0.4, 0.5) is 0 Å². The number of nitrogens with one attached hydrogen (secondary N) is 2. The van der Waals surface area contributed by atoms with Gasteiger partial charge in [0.1, 0.15) is 0 Å². The Balaban J connectivity index is 1.30. The third-order valence-electron chi connectivity index (χ3n) is 6.09. The second kappa shape index (κ2) is 4.70. The van der Waals surface area contributed by atoms with Crippen LogP contribution in [0, 0.1) is 11.3 Å². The van der Waals surface area contributed by atoms with E-state index in [2.05, 4.69) is 22.5 Å². The van der Waals surface area contributed by atoms with E-state index in [0.717, 1.165) is 38.5 Å². The topological polar surface area (TPSA) is 44.4 Å². The molecular weight excluding hydrogens is 250 g/mol. The van der Waals surface area contributed by atoms with Gasteiger partial charge >= 0.3 is 0 Å². The first-order valence-electron chi connectivity index (χ1n) is 8.45. The molecule has 2 N–H and O–H groups in total. The van der Waals surface area contributed by atoms with Crippen molar-refractivity contribution in [3.8, 4) is 0 Å². The lowest BCUT2D eigenvalue weighted by molar-refractivity contribution is -0.123. The number of rotatable bonds is 3. The molecule has 4 aliphatic rings. The van der Waals surface area contributed by atoms with Crippen molar-refractivity contribution in [3.63, 3.8) is 0 Å². The Morgan fingerprint density at radius 1 is 1.30 bits per heavy atom. The SMILES string of the molecule is CC1CC(NC(=O)C2CC23CCNCC3)CN1C1CC1. The van der Waals surface area contributed by atoms with E-state index in [-0.39, 0.29) is 0 Å². The number of likely N-dealkylation sites (tertiary alicyclic amines) is 1. The minimum absolute atomic E-state index is 0.315. The summed E-state index contributed by atoms with van der Waals surface area (Å²) in [6.07, 6.45) is 7.40. The van der Waals surface area contributed by atoms with Crippen LogP contribution in [0.5, 0.6) is 0 Å². The molecule has 0 bridgehead atoms. The van der Waals surface area contributed by atoms with E-state index in [9.17, 15) is 4.79 Å². The van der Waals surface area contributed by atoms with Crippen LogP contribution in [0.3, 0.4) is 0 Å². The first-order chi connectivity index (χ1) is 9.68. The van der Waals surface area contributed by atoms with Crippen LogP contribution in [-0.2, 0) is 4.79 Å². The third kappa shape index (κ3) is 2.27. The van der Waals surface area contributed by atoms with Crippen molar-refractivity contribution in [1.29, 1.82) is 0 Å². The Bertz CT molecular complexity index is 401. The van der Waals surface area contributed by atoms with Crippen molar-refractivity contribution in [3.05, 3.63) is 0 Å². The van der Waals surface area contributed by atoms with Gasteiger partial charge in [-0.05, 0) is 64.0 Å². The molecule has 4 rings (SSSR count). The minimum atomic E-state index is 0.315. The number of carbonyl (C=O) groups is 1. The fourth-order valence-electron chi connectivity index (χ4n) is 4.57. The van der Waals surface area contributed by atoms with E-state index < -0.39 is 0 Å². The van der Waals surface area contributed by atoms with Crippen LogP contribution >= 0.6 is 0 Å². The lowest BCUT2D eigenvalue weighted by Gasteiger charge is -2.23. The number of hydrogen-bond donors (Lipinski definition) is 2. The van der Waals surface area contributed by atoms with Gasteiger partial charge in [-0.15, -0.1) is 0 Å². The summed E-state index contributed by atoms with van der Waals surface area (Å²) in [7, 11) is 0. The van der Waals surface area contributed by atoms with Crippen LogP contribution in [-0.4, -0.2) is 48.6 Å². The standard InChI is InChI=1S/C16H27N3O/c1-11-8-12(10-19(11)13-2-3-13)18-15(20)14-9-16(14)4-6-17-7-5-16/h11-14,17H,2-10H2,1H3,(H,18,20). The van der Waals surface area contributed by atoms with Gasteiger partial charge in [-0.3, -0.25) is 9.69 Å². The maximum Gasteiger partial charge on any atom is 0.223 e. The Labute approximate surface area is 121 Å². The van der Waals surface area contributed by atoms with Crippen molar-refractivity contribution >= 4 is 5.91 Å². The molecule has 3 unspecified atom stereocenters. The second-order valence-corrected chi connectivity index (χ2v) is 7.59. The quantitative estimate of drug-likeness (QED) is 0.812. The van der Waals surface area contributed by atoms with Gasteiger partial charge in [0, 0.05) is 30.6 Å². The molecule has 0 aromatic heterocycles. The van der Waals surface area contributed by atoms with Gasteiger partial charge in [-0.25, -0.2) is 0 Å². The lowest BCUT2D eigenvalue weighted by Crippen LogP contribution is -2.40. The number of hydrogen-bond acceptors (Lipinski definition) is 3. The molecule has 4 nitrogen and oxygen atoms in total. The van der Waals surface area contributed by atoms with Crippen LogP contribution in [0.25, 0.3) is 0 Å². The Morgan fingerprint density at radius 3 is 2.75 bits per heavy atom. The zero-order valence-electron chi connectivity index (χ0n) is 12.5. The highest BCUT2D eigenvalue weighted by Gasteiger charge is 2.58. The smallest absolute Gasteiger partial charge is 0.223 e. The summed E-state index contributed by atoms with van der Waals surface area (Å²) in [4.78, 5) is 15.1. The van der Waals surface area contributed by atoms with Gasteiger partial charge in [0.25, 0.3) is 0 Å². The zero-order chi connectivity index (χ0) is 13.7. The normalized spacial score (nSPS) is 40.0. The van der Waals surface area contributed by atoms with Gasteiger partial charge in [0.15, 0.2) is 0 Å². The molecule has 2 saturated carbocycles. The Hall–Kier alpha value is -0.610. The van der Waals surface area contributed by atoms with Crippen molar-refractivity contribution in [1.82, 2.24) is 15.5 Å². The number of nitrogens with zero attached hydrogens (tertiary/aromatic N) is 1. The van der Waals surface area contributed by atoms with Gasteiger partial charge in [0.05, 0.1) is 0 Å². The third-order valence-corrected chi connectivity index (χ3v) is 6.09. The van der Waals surface area contributed by atoms with Crippen molar-refractivity contribution in [2.45, 2.75) is 63.6 Å². The van der Waals surface area contributed by atoms with E-state index >= 15 is 0 Å². The second-order valence-electron chi connectivity index (χ2n) is 7.59. The van der Waals surface area contributed by atoms with Crippen molar-refractivity contribution in [2.24, 2.45) is 11.3 Å². The van der Waals surface area contributed by atoms with E-state index in [4.69, 9.17) is 0 Å². The number of carbonyl (C=O) groups excluding carboxylic acids is 1. The first kappa shape index (κ1) is 13.1. The van der Waals surface area contributed by atoms with E-state index in [1.807, 2.05) is 0 Å². The molecule has 4 fully saturated rings. The highest BCUT2D eigenvalue weighted by atomic mass is 16.2. The summed E-state index contributed by atoms with van der Waals surface area (Å²) in [5.41, 5.74) is 0.371. The molecule has 112 valence electrons. The largest absolute Gasteiger partial charge is 0.352 e. The molecule has 2 aliphatic carbocycles. The van der Waals surface area contributed by atoms with E-state index in [1.54, 1.807) is 0 Å². The van der Waals surface area contributed by atoms with Crippen molar-refractivity contribution in [2.75, 3.05) is 19.6 Å². The predicted molar refractivity (Wildman–Crippen MR) is 78.4 cm³/mol. The minimum Gasteiger partial charge on any atom is -0.352 e. The van der Waals surface area contributed by atoms with Crippen LogP contribution < -0.4 is 10.6 Å². The van der Waals surface area contributed by atoms with Gasteiger partial charge in [-0.2, -0.15) is 0 Å². The summed E-state index contributed by atoms with van der Waals surface area (Å²) in [5.74, 6) is 0.664. The highest BCUT2D eigenvalue weighted by Crippen LogP contribution is 2.58. The Kier molecular flexibility index (Phi) is 3.08. The molecular formula is C16H27N3O. The summed E-state index contributed by atoms with van der Waals surface area (Å²) in [6.45, 7) is 5.59. The molecule has 2 heterocycles. The van der Waals surface area contributed by atoms with Gasteiger partial charge in [-0.1, -0.05) is 0 Å². The van der Waals surface area contributed by atoms with Crippen LogP contribution in [0.2, 0.25) is 0 Å². The summed E-state index contributed by atoms with van der Waals surface area (Å²) in [6, 6.07) is 1.88. The van der Waals surface area contributed by atoms with Gasteiger partial charge in [0.2, 0.25) is 5.91 Å². The average molecular weight is 277 g/mol. The van der Waals surface area contributed by atoms with Crippen LogP contribution in [0.1, 0.15) is 45.4 Å². The average Bonchev–Trinajstić information content (AvgIpc) is 3.33. The molecule has 1 spiro atoms. The summed E-state index contributed by atoms with van der Waals surface area (Å²) in [5, 5.41) is 6.76. The van der Waals surface area contributed by atoms with Crippen molar-refractivity contribution < 1.29 is 4.79 Å². The fraction of sp³-hybridized carbons (Fsp3) is 0.938. The molecule has 3 atom stereocenters. The highest BCUT2D eigenvalue weighted by molar-refractivity contribution is 5.83. The van der Waals surface area contributed by atoms with E-state index in [1.165, 1.54) is 25.7 Å². The number of piperidine rings is 1. The number of amides is 1. The predicted octanol–water partition coefficient (Wildman–Crippen LogP) is 1.12. The molecule has 2 aliphatic heterocycles. The molecule has 2 saturated heterocycles. The molecule has 20 heavy (non-hydrogen) atoms. The summed E-state index contributed by atoms with van der Waals surface area (Å²) >= 11 is 0. The molecule has 0 aromatic rings. The maximum atomic E-state index is 12.5. The lowest BCUT2D eigenvalue weighted by atomic mass is 9.91. The van der Waals surface area contributed by atoms with Gasteiger partial charge < -0.3 is 10.6 Å². The van der Waals surface area contributed by atoms with Crippen LogP contribution in [0.15, 0.2) is 0 Å². The monoisotopic (exact) mass is 277 g/mol. The first-order valence-corrected chi connectivity index (χ1v) is 8.45.